The number of methoxy groups -OCH3 is 1. The van der Waals surface area contributed by atoms with Gasteiger partial charge < -0.3 is 15.4 Å². The van der Waals surface area contributed by atoms with Gasteiger partial charge in [-0.2, -0.15) is 10.1 Å². The summed E-state index contributed by atoms with van der Waals surface area (Å²) in [6.07, 6.45) is 5.43. The van der Waals surface area contributed by atoms with Crippen molar-refractivity contribution in [3.05, 3.63) is 54.5 Å². The Labute approximate surface area is 153 Å². The Hall–Kier alpha value is -3.09. The summed E-state index contributed by atoms with van der Waals surface area (Å²) in [6, 6.07) is 9.73. The van der Waals surface area contributed by atoms with E-state index in [0.717, 1.165) is 22.8 Å². The third-order valence-electron chi connectivity index (χ3n) is 3.83. The molecular weight excluding hydrogens is 328 g/mol. The Balaban J connectivity index is 1.67. The molecule has 0 saturated heterocycles. The predicted molar refractivity (Wildman–Crippen MR) is 103 cm³/mol. The van der Waals surface area contributed by atoms with Gasteiger partial charge in [0.1, 0.15) is 11.6 Å². The second kappa shape index (κ2) is 7.43. The van der Waals surface area contributed by atoms with Gasteiger partial charge in [-0.1, -0.05) is 18.2 Å². The van der Waals surface area contributed by atoms with Gasteiger partial charge in [-0.3, -0.25) is 4.68 Å². The normalized spacial score (nSPS) is 11.2. The van der Waals surface area contributed by atoms with Crippen LogP contribution in [-0.2, 0) is 12.1 Å². The first kappa shape index (κ1) is 17.7. The highest BCUT2D eigenvalue weighted by molar-refractivity contribution is 5.52. The molecule has 0 aliphatic heterocycles. The maximum absolute atomic E-state index is 5.37. The van der Waals surface area contributed by atoms with Crippen LogP contribution < -0.4 is 15.4 Å². The van der Waals surface area contributed by atoms with Crippen molar-refractivity contribution in [1.29, 1.82) is 0 Å². The topological polar surface area (TPSA) is 76.9 Å². The SMILES string of the molecule is COc1ccccc1CNc1ccnc(Nc2cnn(C(C)(C)C)c2)n1. The summed E-state index contributed by atoms with van der Waals surface area (Å²) in [7, 11) is 1.67. The minimum absolute atomic E-state index is 0.0705. The van der Waals surface area contributed by atoms with E-state index >= 15 is 0 Å². The monoisotopic (exact) mass is 352 g/mol. The number of ether oxygens (including phenoxy) is 1. The fourth-order valence-corrected chi connectivity index (χ4v) is 2.44. The van der Waals surface area contributed by atoms with Crippen LogP contribution in [-0.4, -0.2) is 26.9 Å². The largest absolute Gasteiger partial charge is 0.496 e. The third-order valence-corrected chi connectivity index (χ3v) is 3.83. The van der Waals surface area contributed by atoms with Gasteiger partial charge in [0.2, 0.25) is 5.95 Å². The summed E-state index contributed by atoms with van der Waals surface area (Å²) >= 11 is 0. The lowest BCUT2D eigenvalue weighted by molar-refractivity contribution is 0.355. The van der Waals surface area contributed by atoms with E-state index in [1.165, 1.54) is 0 Å². The van der Waals surface area contributed by atoms with Crippen molar-refractivity contribution < 1.29 is 4.74 Å². The summed E-state index contributed by atoms with van der Waals surface area (Å²) in [5.74, 6) is 2.10. The molecular formula is C19H24N6O. The molecule has 7 heteroatoms. The van der Waals surface area contributed by atoms with Crippen LogP contribution in [0.3, 0.4) is 0 Å². The number of para-hydroxylation sites is 1. The third kappa shape index (κ3) is 4.30. The van der Waals surface area contributed by atoms with E-state index in [2.05, 4.69) is 46.5 Å². The van der Waals surface area contributed by atoms with Crippen LogP contribution in [0, 0.1) is 0 Å². The Bertz CT molecular complexity index is 868. The number of hydrogen-bond acceptors (Lipinski definition) is 6. The summed E-state index contributed by atoms with van der Waals surface area (Å²) in [5.41, 5.74) is 1.84. The molecule has 0 bridgehead atoms. The average Bonchev–Trinajstić information content (AvgIpc) is 3.09. The van der Waals surface area contributed by atoms with Crippen LogP contribution in [0.1, 0.15) is 26.3 Å². The van der Waals surface area contributed by atoms with Gasteiger partial charge >= 0.3 is 0 Å². The molecule has 0 aliphatic rings. The minimum Gasteiger partial charge on any atom is -0.496 e. The van der Waals surface area contributed by atoms with Gasteiger partial charge in [-0.05, 0) is 32.9 Å². The zero-order valence-electron chi connectivity index (χ0n) is 15.5. The molecule has 0 radical (unpaired) electrons. The molecule has 0 amide bonds. The zero-order chi connectivity index (χ0) is 18.6. The fourth-order valence-electron chi connectivity index (χ4n) is 2.44. The maximum Gasteiger partial charge on any atom is 0.229 e. The molecule has 2 N–H and O–H groups in total. The van der Waals surface area contributed by atoms with Crippen LogP contribution in [0.2, 0.25) is 0 Å². The molecule has 26 heavy (non-hydrogen) atoms. The minimum atomic E-state index is -0.0705. The second-order valence-corrected chi connectivity index (χ2v) is 6.90. The van der Waals surface area contributed by atoms with Gasteiger partial charge in [0.25, 0.3) is 0 Å². The summed E-state index contributed by atoms with van der Waals surface area (Å²) < 4.78 is 7.27. The lowest BCUT2D eigenvalue weighted by Crippen LogP contribution is -2.21. The van der Waals surface area contributed by atoms with Crippen LogP contribution in [0.4, 0.5) is 17.5 Å². The smallest absolute Gasteiger partial charge is 0.229 e. The molecule has 2 aromatic heterocycles. The van der Waals surface area contributed by atoms with Crippen LogP contribution in [0.5, 0.6) is 5.75 Å². The molecule has 0 atom stereocenters. The lowest BCUT2D eigenvalue weighted by atomic mass is 10.1. The van der Waals surface area contributed by atoms with Gasteiger partial charge in [0.15, 0.2) is 0 Å². The van der Waals surface area contributed by atoms with Gasteiger partial charge in [0.05, 0.1) is 24.5 Å². The number of aromatic nitrogens is 4. The summed E-state index contributed by atoms with van der Waals surface area (Å²) in [4.78, 5) is 8.77. The van der Waals surface area contributed by atoms with Gasteiger partial charge in [-0.15, -0.1) is 0 Å². The molecule has 0 aliphatic carbocycles. The molecule has 0 fully saturated rings. The van der Waals surface area contributed by atoms with Crippen molar-refractivity contribution in [1.82, 2.24) is 19.7 Å². The number of nitrogens with zero attached hydrogens (tertiary/aromatic N) is 4. The van der Waals surface area contributed by atoms with Gasteiger partial charge in [0, 0.05) is 24.5 Å². The van der Waals surface area contributed by atoms with Crippen LogP contribution in [0.25, 0.3) is 0 Å². The molecule has 1 aromatic carbocycles. The molecule has 136 valence electrons. The van der Waals surface area contributed by atoms with Crippen molar-refractivity contribution in [3.63, 3.8) is 0 Å². The highest BCUT2D eigenvalue weighted by Gasteiger charge is 2.14. The summed E-state index contributed by atoms with van der Waals surface area (Å²) in [6.45, 7) is 6.91. The number of hydrogen-bond donors (Lipinski definition) is 2. The zero-order valence-corrected chi connectivity index (χ0v) is 15.5. The van der Waals surface area contributed by atoms with Crippen molar-refractivity contribution >= 4 is 17.5 Å². The first-order valence-corrected chi connectivity index (χ1v) is 8.47. The molecule has 3 aromatic rings. The van der Waals surface area contributed by atoms with E-state index in [1.54, 1.807) is 19.5 Å². The van der Waals surface area contributed by atoms with Crippen molar-refractivity contribution in [3.8, 4) is 5.75 Å². The molecule has 3 rings (SSSR count). The van der Waals surface area contributed by atoms with Crippen LogP contribution >= 0.6 is 0 Å². The highest BCUT2D eigenvalue weighted by atomic mass is 16.5. The molecule has 0 unspecified atom stereocenters. The highest BCUT2D eigenvalue weighted by Crippen LogP contribution is 2.20. The van der Waals surface area contributed by atoms with E-state index in [1.807, 2.05) is 41.2 Å². The number of rotatable bonds is 6. The first-order chi connectivity index (χ1) is 12.5. The Morgan fingerprint density at radius 3 is 2.69 bits per heavy atom. The quantitative estimate of drug-likeness (QED) is 0.703. The predicted octanol–water partition coefficient (Wildman–Crippen LogP) is 3.79. The van der Waals surface area contributed by atoms with E-state index in [-0.39, 0.29) is 5.54 Å². The fraction of sp³-hybridized carbons (Fsp3) is 0.316. The molecule has 0 spiro atoms. The number of anilines is 3. The average molecular weight is 352 g/mol. The Kier molecular flexibility index (Phi) is 5.06. The standard InChI is InChI=1S/C19H24N6O/c1-19(2,3)25-13-15(12-22-25)23-18-20-10-9-17(24-18)21-11-14-7-5-6-8-16(14)26-4/h5-10,12-13H,11H2,1-4H3,(H2,20,21,23,24). The van der Waals surface area contributed by atoms with E-state index in [9.17, 15) is 0 Å². The first-order valence-electron chi connectivity index (χ1n) is 8.47. The van der Waals surface area contributed by atoms with E-state index in [0.29, 0.717) is 12.5 Å². The maximum atomic E-state index is 5.37. The van der Waals surface area contributed by atoms with Crippen molar-refractivity contribution in [2.24, 2.45) is 0 Å². The number of nitrogens with one attached hydrogen (secondary N) is 2. The molecule has 2 heterocycles. The number of benzene rings is 1. The van der Waals surface area contributed by atoms with Gasteiger partial charge in [-0.25, -0.2) is 4.98 Å². The molecule has 0 saturated carbocycles. The molecule has 7 nitrogen and oxygen atoms in total. The van der Waals surface area contributed by atoms with Crippen LogP contribution in [0.15, 0.2) is 48.9 Å². The Morgan fingerprint density at radius 2 is 1.96 bits per heavy atom. The Morgan fingerprint density at radius 1 is 1.15 bits per heavy atom. The van der Waals surface area contributed by atoms with E-state index in [4.69, 9.17) is 4.74 Å². The van der Waals surface area contributed by atoms with E-state index < -0.39 is 0 Å². The second-order valence-electron chi connectivity index (χ2n) is 6.90. The lowest BCUT2D eigenvalue weighted by Gasteiger charge is -2.18. The van der Waals surface area contributed by atoms with Crippen molar-refractivity contribution in [2.75, 3.05) is 17.7 Å². The van der Waals surface area contributed by atoms with Crippen molar-refractivity contribution in [2.45, 2.75) is 32.9 Å². The summed E-state index contributed by atoms with van der Waals surface area (Å²) in [5, 5.41) is 10.9.